The molecule has 0 radical (unpaired) electrons. The van der Waals surface area contributed by atoms with Gasteiger partial charge in [-0.1, -0.05) is 12.8 Å². The van der Waals surface area contributed by atoms with E-state index in [0.717, 1.165) is 32.5 Å². The second-order valence-corrected chi connectivity index (χ2v) is 5.40. The molecule has 7 heteroatoms. The number of carbonyl (C=O) groups excluding carboxylic acids is 2. The Morgan fingerprint density at radius 1 is 1.19 bits per heavy atom. The van der Waals surface area contributed by atoms with E-state index >= 15 is 0 Å². The van der Waals surface area contributed by atoms with Gasteiger partial charge >= 0.3 is 0 Å². The molecule has 2 heterocycles. The van der Waals surface area contributed by atoms with E-state index in [1.165, 1.54) is 12.8 Å². The third-order valence-corrected chi connectivity index (χ3v) is 3.82. The second kappa shape index (κ2) is 9.97. The fourth-order valence-corrected chi connectivity index (χ4v) is 2.62. The number of nitrogens with zero attached hydrogens (tertiary/aromatic N) is 1. The molecule has 1 unspecified atom stereocenters. The van der Waals surface area contributed by atoms with Gasteiger partial charge in [0.25, 0.3) is 0 Å². The summed E-state index contributed by atoms with van der Waals surface area (Å²) in [7, 11) is 0. The van der Waals surface area contributed by atoms with E-state index < -0.39 is 6.10 Å². The van der Waals surface area contributed by atoms with Crippen molar-refractivity contribution in [3.63, 3.8) is 0 Å². The Morgan fingerprint density at radius 3 is 2.52 bits per heavy atom. The normalized spacial score (nSPS) is 22.9. The lowest BCUT2D eigenvalue weighted by Gasteiger charge is -2.23. The summed E-state index contributed by atoms with van der Waals surface area (Å²) in [5.74, 6) is 0.0238. The van der Waals surface area contributed by atoms with Gasteiger partial charge in [-0.05, 0) is 12.8 Å². The number of ether oxygens (including phenoxy) is 1. The summed E-state index contributed by atoms with van der Waals surface area (Å²) in [4.78, 5) is 25.8. The van der Waals surface area contributed by atoms with Gasteiger partial charge in [0.2, 0.25) is 11.8 Å². The zero-order chi connectivity index (χ0) is 14.2. The molecule has 0 bridgehead atoms. The molecule has 0 saturated carbocycles. The highest BCUT2D eigenvalue weighted by atomic mass is 35.5. The molecule has 1 atom stereocenters. The number of carbonyl (C=O) groups is 2. The van der Waals surface area contributed by atoms with E-state index in [4.69, 9.17) is 4.74 Å². The largest absolute Gasteiger partial charge is 0.366 e. The van der Waals surface area contributed by atoms with Gasteiger partial charge in [-0.2, -0.15) is 0 Å². The monoisotopic (exact) mass is 319 g/mol. The predicted octanol–water partition coefficient (Wildman–Crippen LogP) is 0.306. The Kier molecular flexibility index (Phi) is 8.64. The fourth-order valence-electron chi connectivity index (χ4n) is 2.62. The number of hydrogen-bond donors (Lipinski definition) is 2. The maximum Gasteiger partial charge on any atom is 0.250 e. The first-order valence-electron chi connectivity index (χ1n) is 7.65. The van der Waals surface area contributed by atoms with Crippen LogP contribution < -0.4 is 10.6 Å². The average molecular weight is 320 g/mol. The molecule has 2 amide bonds. The highest BCUT2D eigenvalue weighted by Gasteiger charge is 2.22. The molecule has 0 aromatic carbocycles. The zero-order valence-electron chi connectivity index (χ0n) is 12.4. The Bertz CT molecular complexity index is 327. The number of likely N-dealkylation sites (tertiary alicyclic amines) is 1. The van der Waals surface area contributed by atoms with E-state index in [1.54, 1.807) is 0 Å². The van der Waals surface area contributed by atoms with Gasteiger partial charge in [0, 0.05) is 39.1 Å². The van der Waals surface area contributed by atoms with E-state index in [9.17, 15) is 9.59 Å². The first kappa shape index (κ1) is 18.2. The molecule has 2 aliphatic rings. The molecule has 2 N–H and O–H groups in total. The fraction of sp³-hybridized carbons (Fsp3) is 0.857. The highest BCUT2D eigenvalue weighted by molar-refractivity contribution is 5.85. The number of rotatable bonds is 4. The molecule has 21 heavy (non-hydrogen) atoms. The maximum atomic E-state index is 12.0. The van der Waals surface area contributed by atoms with Crippen molar-refractivity contribution in [2.45, 2.75) is 38.2 Å². The molecule has 122 valence electrons. The Balaban J connectivity index is 0.00000220. The van der Waals surface area contributed by atoms with Crippen LogP contribution in [0.2, 0.25) is 0 Å². The summed E-state index contributed by atoms with van der Waals surface area (Å²) in [6.07, 6.45) is 4.58. The van der Waals surface area contributed by atoms with Crippen LogP contribution in [0, 0.1) is 0 Å². The molecule has 2 fully saturated rings. The van der Waals surface area contributed by atoms with Crippen molar-refractivity contribution >= 4 is 24.2 Å². The van der Waals surface area contributed by atoms with Crippen LogP contribution in [0.15, 0.2) is 0 Å². The van der Waals surface area contributed by atoms with Crippen LogP contribution in [0.4, 0.5) is 0 Å². The van der Waals surface area contributed by atoms with E-state index in [0.29, 0.717) is 26.1 Å². The summed E-state index contributed by atoms with van der Waals surface area (Å²) in [5.41, 5.74) is 0. The number of nitrogens with one attached hydrogen (secondary N) is 2. The molecule has 0 spiro atoms. The number of halogens is 1. The van der Waals surface area contributed by atoms with Gasteiger partial charge in [-0.15, -0.1) is 12.4 Å². The van der Waals surface area contributed by atoms with Gasteiger partial charge in [0.1, 0.15) is 6.10 Å². The minimum absolute atomic E-state index is 0. The highest BCUT2D eigenvalue weighted by Crippen LogP contribution is 2.10. The summed E-state index contributed by atoms with van der Waals surface area (Å²) >= 11 is 0. The van der Waals surface area contributed by atoms with Gasteiger partial charge in [0.05, 0.1) is 6.61 Å². The van der Waals surface area contributed by atoms with Gasteiger partial charge in [-0.25, -0.2) is 0 Å². The van der Waals surface area contributed by atoms with Crippen LogP contribution in [-0.2, 0) is 14.3 Å². The van der Waals surface area contributed by atoms with Crippen LogP contribution in [0.5, 0.6) is 0 Å². The minimum atomic E-state index is -0.419. The van der Waals surface area contributed by atoms with Crippen LogP contribution in [0.25, 0.3) is 0 Å². The van der Waals surface area contributed by atoms with E-state index in [1.807, 2.05) is 4.90 Å². The summed E-state index contributed by atoms with van der Waals surface area (Å²) in [6, 6.07) is 0. The Hall–Kier alpha value is -0.850. The van der Waals surface area contributed by atoms with Crippen LogP contribution >= 0.6 is 12.4 Å². The lowest BCUT2D eigenvalue weighted by Crippen LogP contribution is -2.48. The minimum Gasteiger partial charge on any atom is -0.366 e. The van der Waals surface area contributed by atoms with Crippen molar-refractivity contribution < 1.29 is 14.3 Å². The third kappa shape index (κ3) is 6.20. The maximum absolute atomic E-state index is 12.0. The van der Waals surface area contributed by atoms with Gasteiger partial charge in [-0.3, -0.25) is 9.59 Å². The Morgan fingerprint density at radius 2 is 1.90 bits per heavy atom. The second-order valence-electron chi connectivity index (χ2n) is 5.40. The summed E-state index contributed by atoms with van der Waals surface area (Å²) in [6.45, 7) is 4.02. The third-order valence-electron chi connectivity index (χ3n) is 3.82. The standard InChI is InChI=1S/C14H25N3O3.ClH/c18-13(17-8-3-1-2-4-9-17)5-6-16-14(19)12-11-15-7-10-20-12;/h12,15H,1-11H2,(H,16,19);1H. The first-order valence-corrected chi connectivity index (χ1v) is 7.65. The molecule has 0 aromatic heterocycles. The first-order chi connectivity index (χ1) is 9.77. The van der Waals surface area contributed by atoms with Gasteiger partial charge in [0.15, 0.2) is 0 Å². The predicted molar refractivity (Wildman–Crippen MR) is 82.5 cm³/mol. The number of hydrogen-bond acceptors (Lipinski definition) is 4. The molecular formula is C14H26ClN3O3. The number of amides is 2. The summed E-state index contributed by atoms with van der Waals surface area (Å²) < 4.78 is 5.36. The Labute approximate surface area is 132 Å². The van der Waals surface area contributed by atoms with Gasteiger partial charge < -0.3 is 20.3 Å². The SMILES string of the molecule is Cl.O=C(NCCC(=O)N1CCCCCC1)C1CNCCO1. The molecule has 2 rings (SSSR count). The lowest BCUT2D eigenvalue weighted by molar-refractivity contribution is -0.134. The van der Waals surface area contributed by atoms with Crippen molar-refractivity contribution in [1.29, 1.82) is 0 Å². The van der Waals surface area contributed by atoms with E-state index in [2.05, 4.69) is 10.6 Å². The molecule has 2 saturated heterocycles. The molecule has 0 aromatic rings. The zero-order valence-corrected chi connectivity index (χ0v) is 13.3. The van der Waals surface area contributed by atoms with Crippen LogP contribution in [-0.4, -0.2) is 62.1 Å². The summed E-state index contributed by atoms with van der Waals surface area (Å²) in [5, 5.41) is 5.90. The lowest BCUT2D eigenvalue weighted by atomic mass is 10.2. The molecular weight excluding hydrogens is 294 g/mol. The van der Waals surface area contributed by atoms with Crippen molar-refractivity contribution in [2.75, 3.05) is 39.3 Å². The van der Waals surface area contributed by atoms with E-state index in [-0.39, 0.29) is 24.2 Å². The average Bonchev–Trinajstić information content (AvgIpc) is 2.77. The smallest absolute Gasteiger partial charge is 0.250 e. The van der Waals surface area contributed by atoms with Crippen molar-refractivity contribution in [3.05, 3.63) is 0 Å². The van der Waals surface area contributed by atoms with Crippen LogP contribution in [0.1, 0.15) is 32.1 Å². The topological polar surface area (TPSA) is 70.7 Å². The quantitative estimate of drug-likeness (QED) is 0.782. The van der Waals surface area contributed by atoms with Crippen molar-refractivity contribution in [2.24, 2.45) is 0 Å². The van der Waals surface area contributed by atoms with Crippen LogP contribution in [0.3, 0.4) is 0 Å². The molecule has 6 nitrogen and oxygen atoms in total. The number of morpholine rings is 1. The van der Waals surface area contributed by atoms with Crippen molar-refractivity contribution in [1.82, 2.24) is 15.5 Å². The molecule has 0 aliphatic carbocycles. The van der Waals surface area contributed by atoms with Crippen molar-refractivity contribution in [3.8, 4) is 0 Å². The molecule has 2 aliphatic heterocycles.